The predicted octanol–water partition coefficient (Wildman–Crippen LogP) is 1.07. The highest BCUT2D eigenvalue weighted by Gasteiger charge is 2.35. The first-order chi connectivity index (χ1) is 11.8. The van der Waals surface area contributed by atoms with E-state index >= 15 is 0 Å². The van der Waals surface area contributed by atoms with Crippen LogP contribution >= 0.6 is 0 Å². The molecule has 1 saturated heterocycles. The first-order valence-electron chi connectivity index (χ1n) is 8.10. The summed E-state index contributed by atoms with van der Waals surface area (Å²) in [6.07, 6.45) is 0.178. The van der Waals surface area contributed by atoms with Gasteiger partial charge in [0, 0.05) is 38.2 Å². The van der Waals surface area contributed by atoms with Crippen molar-refractivity contribution >= 4 is 17.7 Å². The Balaban J connectivity index is 1.75. The minimum Gasteiger partial charge on any atom is -0.354 e. The van der Waals surface area contributed by atoms with Crippen molar-refractivity contribution in [3.63, 3.8) is 0 Å². The van der Waals surface area contributed by atoms with Gasteiger partial charge in [-0.1, -0.05) is 0 Å². The number of benzene rings is 1. The van der Waals surface area contributed by atoms with Gasteiger partial charge < -0.3 is 15.5 Å². The van der Waals surface area contributed by atoms with Crippen LogP contribution in [0.4, 0.5) is 8.78 Å². The zero-order valence-corrected chi connectivity index (χ0v) is 14.1. The minimum atomic E-state index is -0.945. The van der Waals surface area contributed by atoms with Crippen LogP contribution in [0.5, 0.6) is 0 Å². The zero-order valence-electron chi connectivity index (χ0n) is 14.1. The fourth-order valence-electron chi connectivity index (χ4n) is 2.68. The average molecular weight is 353 g/mol. The SMILES string of the molecule is CC(C)N1CC(C(=O)NCCNC(=O)c2ccc(F)cc2F)CC1=O. The number of hydrogen-bond donors (Lipinski definition) is 2. The summed E-state index contributed by atoms with van der Waals surface area (Å²) in [5.41, 5.74) is -0.262. The maximum absolute atomic E-state index is 13.5. The molecule has 8 heteroatoms. The fraction of sp³-hybridized carbons (Fsp3) is 0.471. The Labute approximate surface area is 144 Å². The van der Waals surface area contributed by atoms with Gasteiger partial charge in [0.05, 0.1) is 11.5 Å². The average Bonchev–Trinajstić information content (AvgIpc) is 2.93. The van der Waals surface area contributed by atoms with E-state index in [0.29, 0.717) is 12.6 Å². The quantitative estimate of drug-likeness (QED) is 0.751. The van der Waals surface area contributed by atoms with Gasteiger partial charge in [-0.15, -0.1) is 0 Å². The number of halogens is 2. The van der Waals surface area contributed by atoms with Crippen LogP contribution in [-0.2, 0) is 9.59 Å². The zero-order chi connectivity index (χ0) is 18.6. The number of likely N-dealkylation sites (tertiary alicyclic amines) is 1. The molecule has 0 bridgehead atoms. The molecule has 1 unspecified atom stereocenters. The molecule has 1 aromatic carbocycles. The topological polar surface area (TPSA) is 78.5 Å². The minimum absolute atomic E-state index is 0.0461. The molecule has 0 radical (unpaired) electrons. The van der Waals surface area contributed by atoms with Gasteiger partial charge in [0.1, 0.15) is 11.6 Å². The summed E-state index contributed by atoms with van der Waals surface area (Å²) >= 11 is 0. The first kappa shape index (κ1) is 18.8. The van der Waals surface area contributed by atoms with Crippen molar-refractivity contribution in [3.05, 3.63) is 35.4 Å². The molecule has 2 rings (SSSR count). The lowest BCUT2D eigenvalue weighted by atomic mass is 10.1. The van der Waals surface area contributed by atoms with Gasteiger partial charge in [-0.05, 0) is 26.0 Å². The molecule has 0 aromatic heterocycles. The Kier molecular flexibility index (Phi) is 6.06. The standard InChI is InChI=1S/C17H21F2N3O3/c1-10(2)22-9-11(7-15(22)23)16(24)20-5-6-21-17(25)13-4-3-12(18)8-14(13)19/h3-4,8,10-11H,5-7,9H2,1-2H3,(H,20,24)(H,21,25). The van der Waals surface area contributed by atoms with Crippen LogP contribution in [0.3, 0.4) is 0 Å². The summed E-state index contributed by atoms with van der Waals surface area (Å²) in [5.74, 6) is -3.09. The highest BCUT2D eigenvalue weighted by Crippen LogP contribution is 2.20. The Bertz CT molecular complexity index is 679. The van der Waals surface area contributed by atoms with E-state index in [1.807, 2.05) is 13.8 Å². The fourth-order valence-corrected chi connectivity index (χ4v) is 2.68. The van der Waals surface area contributed by atoms with Crippen molar-refractivity contribution in [2.45, 2.75) is 26.3 Å². The van der Waals surface area contributed by atoms with Crippen LogP contribution in [0.25, 0.3) is 0 Å². The van der Waals surface area contributed by atoms with Gasteiger partial charge in [-0.2, -0.15) is 0 Å². The molecule has 1 heterocycles. The van der Waals surface area contributed by atoms with E-state index in [-0.39, 0.29) is 42.9 Å². The van der Waals surface area contributed by atoms with Crippen LogP contribution in [0.15, 0.2) is 18.2 Å². The largest absolute Gasteiger partial charge is 0.354 e. The third kappa shape index (κ3) is 4.74. The number of carbonyl (C=O) groups is 3. The number of carbonyl (C=O) groups excluding carboxylic acids is 3. The molecule has 0 saturated carbocycles. The van der Waals surface area contributed by atoms with E-state index in [4.69, 9.17) is 0 Å². The summed E-state index contributed by atoms with van der Waals surface area (Å²) in [6, 6.07) is 2.74. The summed E-state index contributed by atoms with van der Waals surface area (Å²) in [6.45, 7) is 4.41. The van der Waals surface area contributed by atoms with Crippen LogP contribution in [-0.4, -0.2) is 48.3 Å². The third-order valence-corrected chi connectivity index (χ3v) is 4.04. The van der Waals surface area contributed by atoms with Crippen molar-refractivity contribution in [1.29, 1.82) is 0 Å². The van der Waals surface area contributed by atoms with Crippen molar-refractivity contribution in [1.82, 2.24) is 15.5 Å². The summed E-state index contributed by atoms with van der Waals surface area (Å²) in [4.78, 5) is 37.3. The van der Waals surface area contributed by atoms with Gasteiger partial charge in [0.15, 0.2) is 0 Å². The van der Waals surface area contributed by atoms with Crippen LogP contribution in [0.1, 0.15) is 30.6 Å². The van der Waals surface area contributed by atoms with Gasteiger partial charge in [0.2, 0.25) is 11.8 Å². The molecule has 1 atom stereocenters. The van der Waals surface area contributed by atoms with E-state index in [9.17, 15) is 23.2 Å². The lowest BCUT2D eigenvalue weighted by Gasteiger charge is -2.20. The number of amides is 3. The molecule has 1 aliphatic rings. The Hall–Kier alpha value is -2.51. The molecule has 25 heavy (non-hydrogen) atoms. The molecule has 1 fully saturated rings. The lowest BCUT2D eigenvalue weighted by Crippen LogP contribution is -2.39. The van der Waals surface area contributed by atoms with Gasteiger partial charge in [-0.25, -0.2) is 8.78 Å². The normalized spacial score (nSPS) is 17.1. The number of rotatable bonds is 6. The summed E-state index contributed by atoms with van der Waals surface area (Å²) in [7, 11) is 0. The second-order valence-electron chi connectivity index (χ2n) is 6.21. The second-order valence-corrected chi connectivity index (χ2v) is 6.21. The van der Waals surface area contributed by atoms with Crippen LogP contribution in [0.2, 0.25) is 0 Å². The molecular weight excluding hydrogens is 332 g/mol. The second kappa shape index (κ2) is 8.04. The van der Waals surface area contributed by atoms with Gasteiger partial charge in [0.25, 0.3) is 5.91 Å². The maximum atomic E-state index is 13.5. The summed E-state index contributed by atoms with van der Waals surface area (Å²) in [5, 5.41) is 5.10. The molecule has 0 aliphatic carbocycles. The molecule has 0 spiro atoms. The van der Waals surface area contributed by atoms with E-state index in [0.717, 1.165) is 12.1 Å². The molecule has 1 aromatic rings. The first-order valence-corrected chi connectivity index (χ1v) is 8.10. The molecule has 136 valence electrons. The highest BCUT2D eigenvalue weighted by atomic mass is 19.1. The number of nitrogens with zero attached hydrogens (tertiary/aromatic N) is 1. The van der Waals surface area contributed by atoms with Gasteiger partial charge >= 0.3 is 0 Å². The van der Waals surface area contributed by atoms with Crippen LogP contribution in [0, 0.1) is 17.6 Å². The van der Waals surface area contributed by atoms with E-state index in [1.165, 1.54) is 0 Å². The molecular formula is C17H21F2N3O3. The molecule has 6 nitrogen and oxygen atoms in total. The van der Waals surface area contributed by atoms with Crippen molar-refractivity contribution in [2.75, 3.05) is 19.6 Å². The third-order valence-electron chi connectivity index (χ3n) is 4.04. The summed E-state index contributed by atoms with van der Waals surface area (Å²) < 4.78 is 26.3. The van der Waals surface area contributed by atoms with Crippen LogP contribution < -0.4 is 10.6 Å². The van der Waals surface area contributed by atoms with E-state index in [2.05, 4.69) is 10.6 Å². The lowest BCUT2D eigenvalue weighted by molar-refractivity contribution is -0.129. The highest BCUT2D eigenvalue weighted by molar-refractivity contribution is 5.94. The predicted molar refractivity (Wildman–Crippen MR) is 86.7 cm³/mol. The molecule has 2 N–H and O–H groups in total. The Morgan fingerprint density at radius 3 is 2.52 bits per heavy atom. The number of hydrogen-bond acceptors (Lipinski definition) is 3. The Morgan fingerprint density at radius 2 is 1.92 bits per heavy atom. The van der Waals surface area contributed by atoms with Gasteiger partial charge in [-0.3, -0.25) is 14.4 Å². The van der Waals surface area contributed by atoms with E-state index in [1.54, 1.807) is 4.90 Å². The Morgan fingerprint density at radius 1 is 1.24 bits per heavy atom. The monoisotopic (exact) mass is 353 g/mol. The van der Waals surface area contributed by atoms with Crippen molar-refractivity contribution in [2.24, 2.45) is 5.92 Å². The van der Waals surface area contributed by atoms with Crippen molar-refractivity contribution in [3.8, 4) is 0 Å². The van der Waals surface area contributed by atoms with Crippen molar-refractivity contribution < 1.29 is 23.2 Å². The molecule has 3 amide bonds. The van der Waals surface area contributed by atoms with E-state index < -0.39 is 23.5 Å². The number of nitrogens with one attached hydrogen (secondary N) is 2. The maximum Gasteiger partial charge on any atom is 0.254 e. The molecule has 1 aliphatic heterocycles. The smallest absolute Gasteiger partial charge is 0.254 e.